The first-order valence-corrected chi connectivity index (χ1v) is 10.4. The van der Waals surface area contributed by atoms with Crippen molar-refractivity contribution in [3.63, 3.8) is 0 Å². The predicted molar refractivity (Wildman–Crippen MR) is 114 cm³/mol. The Morgan fingerprint density at radius 2 is 1.81 bits per heavy atom. The maximum Gasteiger partial charge on any atom is 0.167 e. The van der Waals surface area contributed by atoms with E-state index in [4.69, 9.17) is 16.3 Å². The number of carbonyl (C=O) groups excluding carboxylic acids is 1. The minimum Gasteiger partial charge on any atom is -0.381 e. The lowest BCUT2D eigenvalue weighted by atomic mass is 9.87. The van der Waals surface area contributed by atoms with E-state index in [1.807, 2.05) is 30.3 Å². The van der Waals surface area contributed by atoms with E-state index in [-0.39, 0.29) is 11.7 Å². The summed E-state index contributed by atoms with van der Waals surface area (Å²) in [5, 5.41) is 0.722. The summed E-state index contributed by atoms with van der Waals surface area (Å²) in [5.74, 6) is 0.317. The van der Waals surface area contributed by atoms with Gasteiger partial charge >= 0.3 is 0 Å². The van der Waals surface area contributed by atoms with Gasteiger partial charge in [-0.05, 0) is 65.8 Å². The van der Waals surface area contributed by atoms with Crippen LogP contribution in [0.3, 0.4) is 0 Å². The molecule has 0 saturated carbocycles. The minimum atomic E-state index is 0.0577. The summed E-state index contributed by atoms with van der Waals surface area (Å²) >= 11 is 9.52. The Hall–Kier alpha value is -1.68. The van der Waals surface area contributed by atoms with Crippen LogP contribution < -0.4 is 0 Å². The first kappa shape index (κ1) is 18.7. The molecule has 0 spiro atoms. The number of benzene rings is 2. The highest BCUT2D eigenvalue weighted by molar-refractivity contribution is 9.10. The molecule has 1 fully saturated rings. The number of rotatable bonds is 4. The number of Topliss-reactive ketones (excluding diaryl/α,β-unsaturated/α-hetero) is 1. The molecule has 2 nitrogen and oxygen atoms in total. The number of hydrogen-bond acceptors (Lipinski definition) is 2. The van der Waals surface area contributed by atoms with E-state index < -0.39 is 0 Å². The molecule has 0 amide bonds. The van der Waals surface area contributed by atoms with Gasteiger partial charge in [-0.15, -0.1) is 0 Å². The molecule has 2 aromatic carbocycles. The maximum atomic E-state index is 13.3. The Balaban J connectivity index is 1.70. The zero-order chi connectivity index (χ0) is 18.8. The van der Waals surface area contributed by atoms with E-state index in [1.165, 1.54) is 5.56 Å². The summed E-state index contributed by atoms with van der Waals surface area (Å²) in [6.07, 6.45) is 6.54. The van der Waals surface area contributed by atoms with Crippen molar-refractivity contribution in [2.45, 2.75) is 19.3 Å². The Morgan fingerprint density at radius 1 is 1.07 bits per heavy atom. The minimum absolute atomic E-state index is 0.0577. The average molecular weight is 444 g/mol. The van der Waals surface area contributed by atoms with Gasteiger partial charge in [0.15, 0.2) is 5.78 Å². The van der Waals surface area contributed by atoms with Crippen LogP contribution in [0.25, 0.3) is 11.6 Å². The van der Waals surface area contributed by atoms with Gasteiger partial charge in [0.25, 0.3) is 0 Å². The Bertz CT molecular complexity index is 922. The topological polar surface area (TPSA) is 26.3 Å². The van der Waals surface area contributed by atoms with Crippen LogP contribution >= 0.6 is 27.5 Å². The fraction of sp³-hybridized carbons (Fsp3) is 0.261. The number of fused-ring (bicyclic) bond motifs is 1. The van der Waals surface area contributed by atoms with Crippen LogP contribution in [0.15, 0.2) is 58.6 Å². The Labute approximate surface area is 173 Å². The van der Waals surface area contributed by atoms with E-state index >= 15 is 0 Å². The third-order valence-corrected chi connectivity index (χ3v) is 5.97. The molecule has 138 valence electrons. The number of allylic oxidation sites excluding steroid dienone is 3. The first-order valence-electron chi connectivity index (χ1n) is 9.19. The van der Waals surface area contributed by atoms with Crippen molar-refractivity contribution < 1.29 is 9.53 Å². The summed E-state index contributed by atoms with van der Waals surface area (Å²) in [7, 11) is 0. The Kier molecular flexibility index (Phi) is 5.63. The van der Waals surface area contributed by atoms with Gasteiger partial charge in [-0.1, -0.05) is 57.9 Å². The zero-order valence-electron chi connectivity index (χ0n) is 14.9. The van der Waals surface area contributed by atoms with Gasteiger partial charge in [0, 0.05) is 34.2 Å². The normalized spacial score (nSPS) is 17.6. The molecular weight excluding hydrogens is 424 g/mol. The molecule has 2 aliphatic rings. The van der Waals surface area contributed by atoms with Crippen molar-refractivity contribution in [2.24, 2.45) is 5.92 Å². The monoisotopic (exact) mass is 442 g/mol. The van der Waals surface area contributed by atoms with Gasteiger partial charge in [0.2, 0.25) is 0 Å². The lowest BCUT2D eigenvalue weighted by molar-refractivity contribution is -0.120. The molecule has 4 heteroatoms. The van der Waals surface area contributed by atoms with E-state index in [9.17, 15) is 4.79 Å². The molecule has 1 heterocycles. The average Bonchev–Trinajstić information content (AvgIpc) is 3.05. The van der Waals surface area contributed by atoms with Crippen LogP contribution in [0.2, 0.25) is 5.02 Å². The van der Waals surface area contributed by atoms with Gasteiger partial charge in [-0.2, -0.15) is 0 Å². The van der Waals surface area contributed by atoms with Crippen LogP contribution in [0.4, 0.5) is 0 Å². The molecule has 2 aromatic rings. The maximum absolute atomic E-state index is 13.3. The molecule has 1 aliphatic heterocycles. The second-order valence-electron chi connectivity index (χ2n) is 7.01. The van der Waals surface area contributed by atoms with E-state index in [0.717, 1.165) is 51.0 Å². The SMILES string of the molecule is O=C(C1=C(/C=C/c2ccc(Cl)cc2)Cc2cc(Br)ccc21)C1CCOCC1. The number of carbonyl (C=O) groups is 1. The third-order valence-electron chi connectivity index (χ3n) is 5.22. The fourth-order valence-electron chi connectivity index (χ4n) is 3.79. The van der Waals surface area contributed by atoms with Crippen LogP contribution in [0, 0.1) is 5.92 Å². The first-order chi connectivity index (χ1) is 13.1. The van der Waals surface area contributed by atoms with Crippen LogP contribution in [0.1, 0.15) is 29.5 Å². The fourth-order valence-corrected chi connectivity index (χ4v) is 4.32. The molecule has 0 bridgehead atoms. The number of ketones is 1. The summed E-state index contributed by atoms with van der Waals surface area (Å²) in [6.45, 7) is 1.35. The van der Waals surface area contributed by atoms with Crippen LogP contribution in [-0.2, 0) is 16.0 Å². The molecule has 4 rings (SSSR count). The molecular formula is C23H20BrClO2. The number of hydrogen-bond donors (Lipinski definition) is 0. The standard InChI is InChI=1S/C23H20BrClO2/c24-19-5-8-21-18(14-19)13-17(4-1-15-2-6-20(25)7-3-15)22(21)23(26)16-9-11-27-12-10-16/h1-8,14,16H,9-13H2/b4-1+. The van der Waals surface area contributed by atoms with Gasteiger partial charge in [0.05, 0.1) is 0 Å². The predicted octanol–water partition coefficient (Wildman–Crippen LogP) is 6.12. The second kappa shape index (κ2) is 8.14. The molecule has 0 unspecified atom stereocenters. The molecule has 27 heavy (non-hydrogen) atoms. The van der Waals surface area contributed by atoms with Crippen molar-refractivity contribution in [1.82, 2.24) is 0 Å². The van der Waals surface area contributed by atoms with Gasteiger partial charge in [0.1, 0.15) is 0 Å². The lowest BCUT2D eigenvalue weighted by Crippen LogP contribution is -2.24. The Morgan fingerprint density at radius 3 is 2.56 bits per heavy atom. The van der Waals surface area contributed by atoms with Crippen molar-refractivity contribution in [2.75, 3.05) is 13.2 Å². The second-order valence-corrected chi connectivity index (χ2v) is 8.37. The molecule has 0 atom stereocenters. The third kappa shape index (κ3) is 4.11. The van der Waals surface area contributed by atoms with E-state index in [0.29, 0.717) is 13.2 Å². The molecule has 1 saturated heterocycles. The summed E-state index contributed by atoms with van der Waals surface area (Å²) in [6, 6.07) is 13.9. The number of ether oxygens (including phenoxy) is 1. The summed E-state index contributed by atoms with van der Waals surface area (Å²) in [5.41, 5.74) is 5.33. The van der Waals surface area contributed by atoms with Gasteiger partial charge < -0.3 is 4.74 Å². The highest BCUT2D eigenvalue weighted by Gasteiger charge is 2.31. The number of halogens is 2. The summed E-state index contributed by atoms with van der Waals surface area (Å²) in [4.78, 5) is 13.3. The van der Waals surface area contributed by atoms with Crippen molar-refractivity contribution in [3.05, 3.63) is 80.3 Å². The quantitative estimate of drug-likeness (QED) is 0.569. The summed E-state index contributed by atoms with van der Waals surface area (Å²) < 4.78 is 6.48. The molecule has 0 aromatic heterocycles. The van der Waals surface area contributed by atoms with E-state index in [1.54, 1.807) is 0 Å². The smallest absolute Gasteiger partial charge is 0.167 e. The van der Waals surface area contributed by atoms with Crippen LogP contribution in [-0.4, -0.2) is 19.0 Å². The molecule has 1 aliphatic carbocycles. The zero-order valence-corrected chi connectivity index (χ0v) is 17.2. The van der Waals surface area contributed by atoms with Crippen molar-refractivity contribution in [3.8, 4) is 0 Å². The van der Waals surface area contributed by atoms with Crippen molar-refractivity contribution in [1.29, 1.82) is 0 Å². The lowest BCUT2D eigenvalue weighted by Gasteiger charge is -2.22. The van der Waals surface area contributed by atoms with Gasteiger partial charge in [-0.3, -0.25) is 4.79 Å². The van der Waals surface area contributed by atoms with Crippen LogP contribution in [0.5, 0.6) is 0 Å². The molecule has 0 N–H and O–H groups in total. The largest absolute Gasteiger partial charge is 0.381 e. The molecule has 0 radical (unpaired) electrons. The van der Waals surface area contributed by atoms with E-state index in [2.05, 4.69) is 40.2 Å². The highest BCUT2D eigenvalue weighted by Crippen LogP contribution is 2.38. The highest BCUT2D eigenvalue weighted by atomic mass is 79.9. The van der Waals surface area contributed by atoms with Crippen molar-refractivity contribution >= 4 is 45.0 Å². The van der Waals surface area contributed by atoms with Gasteiger partial charge in [-0.25, -0.2) is 0 Å².